The lowest BCUT2D eigenvalue weighted by Crippen LogP contribution is -2.54. The molecule has 2 aliphatic rings. The van der Waals surface area contributed by atoms with Gasteiger partial charge in [0.15, 0.2) is 11.5 Å². The second-order valence-corrected chi connectivity index (χ2v) is 6.64. The van der Waals surface area contributed by atoms with Gasteiger partial charge < -0.3 is 24.1 Å². The van der Waals surface area contributed by atoms with E-state index < -0.39 is 29.9 Å². The fourth-order valence-corrected chi connectivity index (χ4v) is 2.98. The van der Waals surface area contributed by atoms with Crippen molar-refractivity contribution in [3.8, 4) is 17.2 Å². The van der Waals surface area contributed by atoms with Gasteiger partial charge in [0.25, 0.3) is 11.8 Å². The van der Waals surface area contributed by atoms with Crippen LogP contribution in [-0.2, 0) is 14.4 Å². The molecule has 1 atom stereocenters. The molecule has 1 N–H and O–H groups in total. The van der Waals surface area contributed by atoms with E-state index in [1.54, 1.807) is 6.07 Å². The van der Waals surface area contributed by atoms with Crippen molar-refractivity contribution in [3.63, 3.8) is 0 Å². The number of hydrogen-bond donors (Lipinski definition) is 1. The summed E-state index contributed by atoms with van der Waals surface area (Å²) < 4.78 is 15.7. The second kappa shape index (κ2) is 7.82. The minimum absolute atomic E-state index is 0.0318. The second-order valence-electron chi connectivity index (χ2n) is 6.64. The molecular weight excluding hydrogens is 408 g/mol. The van der Waals surface area contributed by atoms with E-state index in [9.17, 15) is 24.3 Å². The number of aliphatic carboxylic acids is 1. The number of amides is 4. The largest absolute Gasteiger partial charge is 0.546 e. The van der Waals surface area contributed by atoms with Crippen LogP contribution in [0.5, 0.6) is 17.2 Å². The third-order valence-corrected chi connectivity index (χ3v) is 4.55. The van der Waals surface area contributed by atoms with Gasteiger partial charge in [-0.05, 0) is 42.8 Å². The van der Waals surface area contributed by atoms with E-state index in [0.29, 0.717) is 17.1 Å². The minimum atomic E-state index is -1.36. The van der Waals surface area contributed by atoms with Gasteiger partial charge in [-0.25, -0.2) is 9.69 Å². The molecule has 0 aromatic heterocycles. The van der Waals surface area contributed by atoms with Gasteiger partial charge in [0.05, 0.1) is 11.7 Å². The Balaban J connectivity index is 1.59. The Labute approximate surface area is 175 Å². The number of ether oxygens (including phenoxy) is 3. The fraction of sp³-hybridized carbons (Fsp3) is 0.143. The summed E-state index contributed by atoms with van der Waals surface area (Å²) in [6, 6.07) is 9.69. The number of fused-ring (bicyclic) bond motifs is 1. The smallest absolute Gasteiger partial charge is 0.335 e. The zero-order chi connectivity index (χ0) is 22.1. The number of urea groups is 1. The molecular formula is C21H15N2O8-. The number of rotatable bonds is 5. The van der Waals surface area contributed by atoms with E-state index in [1.807, 2.05) is 0 Å². The number of carboxylic acids is 1. The van der Waals surface area contributed by atoms with Gasteiger partial charge in [0.1, 0.15) is 17.4 Å². The monoisotopic (exact) mass is 423 g/mol. The summed E-state index contributed by atoms with van der Waals surface area (Å²) in [7, 11) is 0. The van der Waals surface area contributed by atoms with Crippen LogP contribution in [0.25, 0.3) is 6.08 Å². The summed E-state index contributed by atoms with van der Waals surface area (Å²) >= 11 is 0. The molecule has 10 nitrogen and oxygen atoms in total. The van der Waals surface area contributed by atoms with Crippen LogP contribution in [0, 0.1) is 0 Å². The first-order valence-electron chi connectivity index (χ1n) is 9.12. The highest BCUT2D eigenvalue weighted by Gasteiger charge is 2.37. The Morgan fingerprint density at radius 1 is 1.13 bits per heavy atom. The van der Waals surface area contributed by atoms with Crippen LogP contribution < -0.4 is 29.5 Å². The van der Waals surface area contributed by atoms with E-state index >= 15 is 0 Å². The topological polar surface area (TPSA) is 134 Å². The molecule has 2 aliphatic heterocycles. The molecule has 0 spiro atoms. The summed E-state index contributed by atoms with van der Waals surface area (Å²) in [5.41, 5.74) is 0.422. The van der Waals surface area contributed by atoms with Crippen LogP contribution in [0.15, 0.2) is 48.0 Å². The number of barbiturate groups is 1. The lowest BCUT2D eigenvalue weighted by atomic mass is 10.1. The highest BCUT2D eigenvalue weighted by molar-refractivity contribution is 6.39. The van der Waals surface area contributed by atoms with Crippen molar-refractivity contribution in [1.82, 2.24) is 5.32 Å². The standard InChI is InChI=1S/C21H16N2O8/c1-11(20(26)27)31-14-5-2-12(3-6-14)8-15-18(24)22-21(28)23(19(15)25)13-4-7-16-17(9-13)30-10-29-16/h2-9,11H,10H2,1H3,(H,26,27)(H,22,24,28)/p-1/b15-8-/t11-/m1/s1. The van der Waals surface area contributed by atoms with Gasteiger partial charge in [-0.2, -0.15) is 0 Å². The summed E-state index contributed by atoms with van der Waals surface area (Å²) in [5, 5.41) is 12.9. The lowest BCUT2D eigenvalue weighted by Gasteiger charge is -2.26. The van der Waals surface area contributed by atoms with E-state index in [0.717, 1.165) is 4.90 Å². The third-order valence-electron chi connectivity index (χ3n) is 4.55. The van der Waals surface area contributed by atoms with Crippen molar-refractivity contribution in [2.24, 2.45) is 0 Å². The zero-order valence-corrected chi connectivity index (χ0v) is 16.1. The van der Waals surface area contributed by atoms with Crippen LogP contribution in [0.3, 0.4) is 0 Å². The van der Waals surface area contributed by atoms with E-state index in [4.69, 9.17) is 14.2 Å². The Hall–Kier alpha value is -4.34. The Kier molecular flexibility index (Phi) is 5.04. The Morgan fingerprint density at radius 3 is 2.55 bits per heavy atom. The van der Waals surface area contributed by atoms with Gasteiger partial charge >= 0.3 is 6.03 Å². The number of benzene rings is 2. The molecule has 4 rings (SSSR count). The van der Waals surface area contributed by atoms with Gasteiger partial charge in [-0.15, -0.1) is 0 Å². The number of anilines is 1. The fourth-order valence-electron chi connectivity index (χ4n) is 2.98. The van der Waals surface area contributed by atoms with Gasteiger partial charge in [-0.1, -0.05) is 12.1 Å². The summed E-state index contributed by atoms with van der Waals surface area (Å²) in [6.07, 6.45) is 0.173. The van der Waals surface area contributed by atoms with Gasteiger partial charge in [0, 0.05) is 6.07 Å². The maximum absolute atomic E-state index is 12.9. The van der Waals surface area contributed by atoms with Crippen LogP contribution in [0.2, 0.25) is 0 Å². The Bertz CT molecular complexity index is 1120. The number of hydrogen-bond acceptors (Lipinski definition) is 8. The first kappa shape index (κ1) is 20.0. The molecule has 2 aromatic carbocycles. The molecule has 0 bridgehead atoms. The first-order chi connectivity index (χ1) is 14.8. The molecule has 10 heteroatoms. The molecule has 31 heavy (non-hydrogen) atoms. The SMILES string of the molecule is C[C@@H](Oc1ccc(/C=C2/C(=O)NC(=O)N(c3ccc4c(c3)OCO4)C2=O)cc1)C(=O)[O-]. The Morgan fingerprint density at radius 2 is 1.84 bits per heavy atom. The van der Waals surface area contributed by atoms with Crippen LogP contribution in [0.4, 0.5) is 10.5 Å². The maximum atomic E-state index is 12.9. The molecule has 0 aliphatic carbocycles. The molecule has 1 saturated heterocycles. The average Bonchev–Trinajstić information content (AvgIpc) is 3.20. The van der Waals surface area contributed by atoms with Crippen molar-refractivity contribution < 1.29 is 38.5 Å². The van der Waals surface area contributed by atoms with Crippen molar-refractivity contribution in [3.05, 3.63) is 53.6 Å². The lowest BCUT2D eigenvalue weighted by molar-refractivity contribution is -0.312. The van der Waals surface area contributed by atoms with Crippen molar-refractivity contribution in [1.29, 1.82) is 0 Å². The minimum Gasteiger partial charge on any atom is -0.546 e. The summed E-state index contributed by atoms with van der Waals surface area (Å²) in [6.45, 7) is 1.36. The van der Waals surface area contributed by atoms with Crippen molar-refractivity contribution in [2.75, 3.05) is 11.7 Å². The highest BCUT2D eigenvalue weighted by Crippen LogP contribution is 2.36. The molecule has 2 heterocycles. The molecule has 158 valence electrons. The highest BCUT2D eigenvalue weighted by atomic mass is 16.7. The number of carboxylic acid groups (broad SMARTS) is 1. The maximum Gasteiger partial charge on any atom is 0.335 e. The van der Waals surface area contributed by atoms with Gasteiger partial charge in [-0.3, -0.25) is 14.9 Å². The quantitative estimate of drug-likeness (QED) is 0.546. The van der Waals surface area contributed by atoms with Crippen LogP contribution in [-0.4, -0.2) is 36.7 Å². The van der Waals surface area contributed by atoms with E-state index in [1.165, 1.54) is 49.4 Å². The number of carbonyl (C=O) groups excluding carboxylic acids is 4. The third kappa shape index (κ3) is 3.90. The van der Waals surface area contributed by atoms with Crippen LogP contribution in [0.1, 0.15) is 12.5 Å². The number of imide groups is 2. The predicted molar refractivity (Wildman–Crippen MR) is 103 cm³/mol. The molecule has 1 fully saturated rings. The van der Waals surface area contributed by atoms with Gasteiger partial charge in [0.2, 0.25) is 6.79 Å². The van der Waals surface area contributed by atoms with Crippen molar-refractivity contribution in [2.45, 2.75) is 13.0 Å². The zero-order valence-electron chi connectivity index (χ0n) is 16.1. The molecule has 0 unspecified atom stereocenters. The van der Waals surface area contributed by atoms with Crippen molar-refractivity contribution >= 4 is 35.6 Å². The molecule has 4 amide bonds. The molecule has 0 saturated carbocycles. The number of nitrogens with zero attached hydrogens (tertiary/aromatic N) is 1. The number of nitrogens with one attached hydrogen (secondary N) is 1. The summed E-state index contributed by atoms with van der Waals surface area (Å²) in [4.78, 5) is 49.1. The predicted octanol–water partition coefficient (Wildman–Crippen LogP) is 0.599. The normalized spacial score (nSPS) is 17.5. The molecule has 0 radical (unpaired) electrons. The van der Waals surface area contributed by atoms with Crippen LogP contribution >= 0.6 is 0 Å². The van der Waals surface area contributed by atoms with E-state index in [-0.39, 0.29) is 23.8 Å². The van der Waals surface area contributed by atoms with E-state index in [2.05, 4.69) is 5.32 Å². The number of carbonyl (C=O) groups is 4. The average molecular weight is 423 g/mol. The first-order valence-corrected chi connectivity index (χ1v) is 9.12. The molecule has 2 aromatic rings. The summed E-state index contributed by atoms with van der Waals surface area (Å²) in [5.74, 6) is -1.87.